The number of carbonyl (C=O) groups excluding carboxylic acids is 1. The van der Waals surface area contributed by atoms with E-state index in [1.165, 1.54) is 0 Å². The first-order chi connectivity index (χ1) is 7.12. The molecule has 16 heavy (non-hydrogen) atoms. The molecule has 0 aromatic carbocycles. The van der Waals surface area contributed by atoms with E-state index in [1.807, 2.05) is 6.92 Å². The fraction of sp³-hybridized carbons (Fsp3) is 0.900. The van der Waals surface area contributed by atoms with Crippen molar-refractivity contribution < 1.29 is 17.8 Å². The lowest BCUT2D eigenvalue weighted by molar-refractivity contribution is -0.127. The molecule has 2 fully saturated rings. The minimum Gasteiger partial charge on any atom is -0.298 e. The first kappa shape index (κ1) is 12.5. The topological polar surface area (TPSA) is 71.4 Å². The fourth-order valence-corrected chi connectivity index (χ4v) is 6.11. The summed E-state index contributed by atoms with van der Waals surface area (Å²) in [5.74, 6) is -0.239. The van der Waals surface area contributed by atoms with Gasteiger partial charge in [0.2, 0.25) is 0 Å². The number of halogens is 1. The Morgan fingerprint density at radius 3 is 2.44 bits per heavy atom. The first-order valence-corrected chi connectivity index (χ1v) is 7.78. The molecule has 0 aliphatic heterocycles. The normalized spacial score (nSPS) is 47.6. The highest BCUT2D eigenvalue weighted by Gasteiger charge is 2.68. The second-order valence-electron chi connectivity index (χ2n) is 5.39. The predicted octanol–water partition coefficient (Wildman–Crippen LogP) is 1.64. The van der Waals surface area contributed by atoms with Crippen molar-refractivity contribution in [2.45, 2.75) is 31.5 Å². The molecule has 1 N–H and O–H groups in total. The van der Waals surface area contributed by atoms with Gasteiger partial charge in [-0.3, -0.25) is 9.35 Å². The zero-order chi connectivity index (χ0) is 12.4. The second-order valence-corrected chi connectivity index (χ2v) is 7.83. The van der Waals surface area contributed by atoms with Crippen molar-refractivity contribution in [1.29, 1.82) is 0 Å². The largest absolute Gasteiger partial charge is 0.298 e. The highest BCUT2D eigenvalue weighted by atomic mass is 79.9. The third-order valence-corrected chi connectivity index (χ3v) is 6.68. The van der Waals surface area contributed by atoms with Crippen LogP contribution in [0.15, 0.2) is 0 Å². The molecule has 4 atom stereocenters. The van der Waals surface area contributed by atoms with Crippen molar-refractivity contribution in [2.75, 3.05) is 5.75 Å². The standard InChI is InChI=1S/C10H15BrO4S/c1-9-4-3-6(7(11)8(9)12)10(9,2)5-16(13,14)15/h6-7H,3-5H2,1-2H3,(H,13,14,15)/t6-,7-,9-,10-/m1/s1. The maximum Gasteiger partial charge on any atom is 0.265 e. The van der Waals surface area contributed by atoms with Crippen LogP contribution in [0, 0.1) is 16.7 Å². The van der Waals surface area contributed by atoms with Gasteiger partial charge in [0.15, 0.2) is 5.78 Å². The number of Topliss-reactive ketones (excluding diaryl/α,β-unsaturated/α-hetero) is 1. The van der Waals surface area contributed by atoms with E-state index < -0.39 is 20.9 Å². The smallest absolute Gasteiger partial charge is 0.265 e. The van der Waals surface area contributed by atoms with Gasteiger partial charge in [0, 0.05) is 10.8 Å². The molecule has 0 heterocycles. The van der Waals surface area contributed by atoms with Crippen molar-refractivity contribution in [2.24, 2.45) is 16.7 Å². The molecular weight excluding hydrogens is 296 g/mol. The van der Waals surface area contributed by atoms with Gasteiger partial charge in [0.05, 0.1) is 10.6 Å². The summed E-state index contributed by atoms with van der Waals surface area (Å²) in [7, 11) is -4.05. The van der Waals surface area contributed by atoms with Crippen molar-refractivity contribution >= 4 is 31.8 Å². The van der Waals surface area contributed by atoms with Crippen LogP contribution in [0.25, 0.3) is 0 Å². The highest BCUT2D eigenvalue weighted by molar-refractivity contribution is 9.10. The van der Waals surface area contributed by atoms with Crippen molar-refractivity contribution in [1.82, 2.24) is 0 Å². The lowest BCUT2D eigenvalue weighted by atomic mass is 9.70. The lowest BCUT2D eigenvalue weighted by Gasteiger charge is -2.35. The molecule has 2 aliphatic carbocycles. The van der Waals surface area contributed by atoms with Gasteiger partial charge < -0.3 is 0 Å². The number of hydrogen-bond donors (Lipinski definition) is 1. The van der Waals surface area contributed by atoms with Crippen LogP contribution >= 0.6 is 15.9 Å². The van der Waals surface area contributed by atoms with Gasteiger partial charge in [-0.1, -0.05) is 29.8 Å². The van der Waals surface area contributed by atoms with Crippen LogP contribution in [0.2, 0.25) is 0 Å². The van der Waals surface area contributed by atoms with Gasteiger partial charge in [0.1, 0.15) is 0 Å². The van der Waals surface area contributed by atoms with Crippen LogP contribution in [0.1, 0.15) is 26.7 Å². The number of ketones is 1. The maximum atomic E-state index is 12.1. The number of rotatable bonds is 2. The molecule has 2 bridgehead atoms. The molecule has 0 aromatic heterocycles. The summed E-state index contributed by atoms with van der Waals surface area (Å²) in [6.45, 7) is 3.62. The Kier molecular flexibility index (Phi) is 2.58. The molecule has 0 amide bonds. The molecule has 4 nitrogen and oxygen atoms in total. The molecule has 92 valence electrons. The Labute approximate surface area is 104 Å². The van der Waals surface area contributed by atoms with E-state index >= 15 is 0 Å². The molecule has 0 aromatic rings. The quantitative estimate of drug-likeness (QED) is 0.622. The van der Waals surface area contributed by atoms with E-state index in [0.717, 1.165) is 6.42 Å². The van der Waals surface area contributed by atoms with Gasteiger partial charge >= 0.3 is 0 Å². The molecule has 0 spiro atoms. The van der Waals surface area contributed by atoms with Gasteiger partial charge in [-0.05, 0) is 18.8 Å². The van der Waals surface area contributed by atoms with Crippen molar-refractivity contribution in [3.8, 4) is 0 Å². The van der Waals surface area contributed by atoms with Gasteiger partial charge in [-0.2, -0.15) is 8.42 Å². The molecule has 2 aliphatic rings. The van der Waals surface area contributed by atoms with Crippen molar-refractivity contribution in [3.05, 3.63) is 0 Å². The minimum atomic E-state index is -4.05. The van der Waals surface area contributed by atoms with Gasteiger partial charge in [-0.15, -0.1) is 0 Å². The summed E-state index contributed by atoms with van der Waals surface area (Å²) in [5.41, 5.74) is -1.27. The van der Waals surface area contributed by atoms with E-state index in [1.54, 1.807) is 6.92 Å². The summed E-state index contributed by atoms with van der Waals surface area (Å²) >= 11 is 3.35. The summed E-state index contributed by atoms with van der Waals surface area (Å²) in [5, 5.41) is 0. The van der Waals surface area contributed by atoms with Gasteiger partial charge in [-0.25, -0.2) is 0 Å². The average molecular weight is 311 g/mol. The Morgan fingerprint density at radius 2 is 2.06 bits per heavy atom. The van der Waals surface area contributed by atoms with Crippen LogP contribution in [-0.4, -0.2) is 29.3 Å². The Bertz CT molecular complexity index is 446. The molecule has 2 saturated carbocycles. The number of hydrogen-bond acceptors (Lipinski definition) is 3. The van der Waals surface area contributed by atoms with Crippen molar-refractivity contribution in [3.63, 3.8) is 0 Å². The third-order valence-electron chi connectivity index (χ3n) is 4.66. The molecule has 0 unspecified atom stereocenters. The molecular formula is C10H15BrO4S. The summed E-state index contributed by atoms with van der Waals surface area (Å²) in [4.78, 5) is 11.8. The van der Waals surface area contributed by atoms with E-state index in [0.29, 0.717) is 6.42 Å². The molecule has 6 heteroatoms. The van der Waals surface area contributed by atoms with Crippen LogP contribution in [0.4, 0.5) is 0 Å². The summed E-state index contributed by atoms with van der Waals surface area (Å²) < 4.78 is 31.2. The highest BCUT2D eigenvalue weighted by Crippen LogP contribution is 2.65. The number of fused-ring (bicyclic) bond motifs is 2. The maximum absolute atomic E-state index is 12.1. The SMILES string of the molecule is C[C@@]12CC[C@H]([C@@H](Br)C1=O)[C@@]2(C)CS(=O)(=O)O. The second kappa shape index (κ2) is 3.29. The number of alkyl halides is 1. The van der Waals surface area contributed by atoms with Crippen LogP contribution < -0.4 is 0 Å². The lowest BCUT2D eigenvalue weighted by Crippen LogP contribution is -2.40. The van der Waals surface area contributed by atoms with Crippen LogP contribution in [0.3, 0.4) is 0 Å². The molecule has 2 rings (SSSR count). The Hall–Kier alpha value is 0.0600. The van der Waals surface area contributed by atoms with Gasteiger partial charge in [0.25, 0.3) is 10.1 Å². The van der Waals surface area contributed by atoms with E-state index in [9.17, 15) is 13.2 Å². The summed E-state index contributed by atoms with van der Waals surface area (Å²) in [6, 6.07) is 0. The Balaban J connectivity index is 2.47. The van der Waals surface area contributed by atoms with E-state index in [4.69, 9.17) is 4.55 Å². The number of carbonyl (C=O) groups is 1. The van der Waals surface area contributed by atoms with Crippen LogP contribution in [0.5, 0.6) is 0 Å². The Morgan fingerprint density at radius 1 is 1.50 bits per heavy atom. The fourth-order valence-electron chi connectivity index (χ4n) is 3.46. The molecule has 0 saturated heterocycles. The zero-order valence-electron chi connectivity index (χ0n) is 9.23. The molecule has 0 radical (unpaired) electrons. The monoisotopic (exact) mass is 310 g/mol. The predicted molar refractivity (Wildman–Crippen MR) is 63.1 cm³/mol. The van der Waals surface area contributed by atoms with Crippen LogP contribution in [-0.2, 0) is 14.9 Å². The van der Waals surface area contributed by atoms with E-state index in [-0.39, 0.29) is 22.3 Å². The minimum absolute atomic E-state index is 0.00641. The third kappa shape index (κ3) is 1.42. The first-order valence-electron chi connectivity index (χ1n) is 5.25. The zero-order valence-corrected chi connectivity index (χ0v) is 11.6. The average Bonchev–Trinajstić information content (AvgIpc) is 2.40. The summed E-state index contributed by atoms with van der Waals surface area (Å²) in [6.07, 6.45) is 1.55. The van der Waals surface area contributed by atoms with E-state index in [2.05, 4.69) is 15.9 Å².